The smallest absolute Gasteiger partial charge is 0.392 e. The topological polar surface area (TPSA) is 90.1 Å². The number of nitrogens with zero attached hydrogens (tertiary/aromatic N) is 4. The second kappa shape index (κ2) is 7.83. The molecule has 3 heterocycles. The minimum atomic E-state index is -4.28. The summed E-state index contributed by atoms with van der Waals surface area (Å²) in [5, 5.41) is 14.3. The zero-order valence-electron chi connectivity index (χ0n) is 14.9. The highest BCUT2D eigenvalue weighted by Crippen LogP contribution is 2.23. The van der Waals surface area contributed by atoms with E-state index >= 15 is 0 Å². The molecule has 3 rings (SSSR count). The van der Waals surface area contributed by atoms with Gasteiger partial charge in [-0.1, -0.05) is 13.0 Å². The van der Waals surface area contributed by atoms with Crippen molar-refractivity contribution in [2.45, 2.75) is 32.5 Å². The maximum absolute atomic E-state index is 12.2. The van der Waals surface area contributed by atoms with E-state index in [0.717, 1.165) is 11.3 Å². The summed E-state index contributed by atoms with van der Waals surface area (Å²) in [6.45, 7) is 1.72. The van der Waals surface area contributed by atoms with E-state index in [1.807, 2.05) is 6.92 Å². The Morgan fingerprint density at radius 1 is 1.25 bits per heavy atom. The number of aromatic nitrogens is 4. The first-order chi connectivity index (χ1) is 13.3. The molecule has 0 aromatic carbocycles. The summed E-state index contributed by atoms with van der Waals surface area (Å²) >= 11 is 0. The van der Waals surface area contributed by atoms with Gasteiger partial charge in [-0.05, 0) is 18.1 Å². The Hall–Kier alpha value is -3.17. The van der Waals surface area contributed by atoms with Gasteiger partial charge in [0.25, 0.3) is 0 Å². The summed E-state index contributed by atoms with van der Waals surface area (Å²) in [6.07, 6.45) is -1.88. The minimum absolute atomic E-state index is 0.0489. The Morgan fingerprint density at radius 2 is 2.04 bits per heavy atom. The maximum Gasteiger partial charge on any atom is 0.392 e. The van der Waals surface area contributed by atoms with E-state index in [9.17, 15) is 23.1 Å². The van der Waals surface area contributed by atoms with Gasteiger partial charge in [0.2, 0.25) is 5.88 Å². The van der Waals surface area contributed by atoms with Gasteiger partial charge in [0.15, 0.2) is 5.69 Å². The summed E-state index contributed by atoms with van der Waals surface area (Å²) in [4.78, 5) is 19.4. The summed E-state index contributed by atoms with van der Waals surface area (Å²) in [5.74, 6) is -1.02. The van der Waals surface area contributed by atoms with Crippen molar-refractivity contribution in [3.8, 4) is 5.88 Å². The number of hydrogen-bond donors (Lipinski definition) is 1. The molecule has 0 fully saturated rings. The first-order valence-corrected chi connectivity index (χ1v) is 8.50. The number of aromatic carboxylic acids is 1. The minimum Gasteiger partial charge on any atom is -0.477 e. The molecular formula is C18H17F3N4O3. The van der Waals surface area contributed by atoms with E-state index < -0.39 is 25.2 Å². The largest absolute Gasteiger partial charge is 0.477 e. The van der Waals surface area contributed by atoms with Gasteiger partial charge >= 0.3 is 12.1 Å². The summed E-state index contributed by atoms with van der Waals surface area (Å²) in [5.41, 5.74) is 1.96. The number of carbonyl (C=O) groups is 1. The predicted molar refractivity (Wildman–Crippen MR) is 93.4 cm³/mol. The number of pyridine rings is 2. The first-order valence-electron chi connectivity index (χ1n) is 8.50. The molecule has 0 aliphatic carbocycles. The maximum atomic E-state index is 12.2. The quantitative estimate of drug-likeness (QED) is 0.660. The molecule has 3 aromatic rings. The fourth-order valence-corrected chi connectivity index (χ4v) is 2.83. The van der Waals surface area contributed by atoms with Crippen LogP contribution in [0.3, 0.4) is 0 Å². The number of hydrogen-bond acceptors (Lipinski definition) is 5. The molecule has 0 aliphatic rings. The van der Waals surface area contributed by atoms with Crippen molar-refractivity contribution in [1.29, 1.82) is 0 Å². The van der Waals surface area contributed by atoms with Gasteiger partial charge in [-0.25, -0.2) is 14.8 Å². The number of aryl methyl sites for hydroxylation is 1. The highest BCUT2D eigenvalue weighted by atomic mass is 19.4. The van der Waals surface area contributed by atoms with Gasteiger partial charge < -0.3 is 9.84 Å². The highest BCUT2D eigenvalue weighted by molar-refractivity contribution is 6.01. The average Bonchev–Trinajstić information content (AvgIpc) is 2.99. The second-order valence-corrected chi connectivity index (χ2v) is 6.04. The number of carboxylic acids is 1. The Balaban J connectivity index is 1.79. The molecule has 0 spiro atoms. The van der Waals surface area contributed by atoms with Gasteiger partial charge in [0.05, 0.1) is 30.5 Å². The molecule has 0 aliphatic heterocycles. The lowest BCUT2D eigenvalue weighted by Crippen LogP contribution is -2.13. The lowest BCUT2D eigenvalue weighted by atomic mass is 10.1. The molecule has 7 nitrogen and oxygen atoms in total. The van der Waals surface area contributed by atoms with Gasteiger partial charge in [-0.15, -0.1) is 0 Å². The lowest BCUT2D eigenvalue weighted by Gasteiger charge is -2.09. The van der Waals surface area contributed by atoms with Crippen LogP contribution in [0, 0.1) is 0 Å². The van der Waals surface area contributed by atoms with Crippen LogP contribution in [0.15, 0.2) is 30.6 Å². The van der Waals surface area contributed by atoms with E-state index in [1.54, 1.807) is 16.8 Å². The van der Waals surface area contributed by atoms with Crippen molar-refractivity contribution >= 4 is 16.9 Å². The molecule has 148 valence electrons. The zero-order valence-corrected chi connectivity index (χ0v) is 14.9. The van der Waals surface area contributed by atoms with Crippen LogP contribution >= 0.6 is 0 Å². The average molecular weight is 394 g/mol. The molecule has 0 radical (unpaired) electrons. The van der Waals surface area contributed by atoms with Crippen LogP contribution in [0.25, 0.3) is 10.9 Å². The second-order valence-electron chi connectivity index (χ2n) is 6.04. The predicted octanol–water partition coefficient (Wildman–Crippen LogP) is 3.47. The molecule has 0 unspecified atom stereocenters. The summed E-state index contributed by atoms with van der Waals surface area (Å²) in [7, 11) is 0. The van der Waals surface area contributed by atoms with Gasteiger partial charge in [-0.2, -0.15) is 18.3 Å². The van der Waals surface area contributed by atoms with Crippen molar-refractivity contribution in [2.75, 3.05) is 6.61 Å². The molecule has 0 saturated carbocycles. The normalized spacial score (nSPS) is 11.7. The van der Waals surface area contributed by atoms with E-state index in [4.69, 9.17) is 4.74 Å². The fourth-order valence-electron chi connectivity index (χ4n) is 2.83. The van der Waals surface area contributed by atoms with Crippen molar-refractivity contribution in [1.82, 2.24) is 19.7 Å². The van der Waals surface area contributed by atoms with E-state index in [1.165, 1.54) is 18.5 Å². The standard InChI is InChI=1S/C18H17F3N4O3/c1-2-13-15-12(5-7-22-16(15)17(26)27)24-25(13)10-11-3-4-14(23-9-11)28-8-6-18(19,20)21/h3-5,7,9H,2,6,8,10H2,1H3,(H,26,27). The number of alkyl halides is 3. The Labute approximate surface area is 157 Å². The Morgan fingerprint density at radius 3 is 2.64 bits per heavy atom. The van der Waals surface area contributed by atoms with E-state index in [-0.39, 0.29) is 11.6 Å². The van der Waals surface area contributed by atoms with Crippen LogP contribution in [-0.2, 0) is 13.0 Å². The molecule has 1 N–H and O–H groups in total. The zero-order chi connectivity index (χ0) is 20.3. The van der Waals surface area contributed by atoms with Crippen molar-refractivity contribution in [2.24, 2.45) is 0 Å². The lowest BCUT2D eigenvalue weighted by molar-refractivity contribution is -0.139. The SMILES string of the molecule is CCc1c2c(C(=O)O)nccc2nn1Cc1ccc(OCCC(F)(F)F)nc1. The van der Waals surface area contributed by atoms with Crippen LogP contribution in [0.2, 0.25) is 0 Å². The van der Waals surface area contributed by atoms with Crippen molar-refractivity contribution in [3.63, 3.8) is 0 Å². The molecule has 28 heavy (non-hydrogen) atoms. The van der Waals surface area contributed by atoms with Gasteiger partial charge in [0.1, 0.15) is 0 Å². The summed E-state index contributed by atoms with van der Waals surface area (Å²) < 4.78 is 43.1. The Kier molecular flexibility index (Phi) is 5.48. The molecule has 3 aromatic heterocycles. The van der Waals surface area contributed by atoms with Crippen molar-refractivity contribution < 1.29 is 27.8 Å². The Bertz CT molecular complexity index is 984. The number of ether oxygens (including phenoxy) is 1. The van der Waals surface area contributed by atoms with Crippen LogP contribution in [-0.4, -0.2) is 43.6 Å². The third kappa shape index (κ3) is 4.38. The molecule has 10 heteroatoms. The fraction of sp³-hybridized carbons (Fsp3) is 0.333. The van der Waals surface area contributed by atoms with Crippen LogP contribution < -0.4 is 4.74 Å². The first kappa shape index (κ1) is 19.6. The van der Waals surface area contributed by atoms with E-state index in [0.29, 0.717) is 23.9 Å². The highest BCUT2D eigenvalue weighted by Gasteiger charge is 2.27. The number of carboxylic acid groups (broad SMARTS) is 1. The number of fused-ring (bicyclic) bond motifs is 1. The number of halogens is 3. The molecular weight excluding hydrogens is 377 g/mol. The molecule has 0 bridgehead atoms. The van der Waals surface area contributed by atoms with Crippen LogP contribution in [0.1, 0.15) is 35.1 Å². The van der Waals surface area contributed by atoms with Gasteiger partial charge in [0, 0.05) is 24.2 Å². The molecule has 0 atom stereocenters. The van der Waals surface area contributed by atoms with Crippen LogP contribution in [0.5, 0.6) is 5.88 Å². The van der Waals surface area contributed by atoms with Crippen LogP contribution in [0.4, 0.5) is 13.2 Å². The monoisotopic (exact) mass is 394 g/mol. The molecule has 0 saturated heterocycles. The van der Waals surface area contributed by atoms with Crippen molar-refractivity contribution in [3.05, 3.63) is 47.5 Å². The molecule has 0 amide bonds. The third-order valence-corrected chi connectivity index (χ3v) is 4.06. The summed E-state index contributed by atoms with van der Waals surface area (Å²) in [6, 6.07) is 4.82. The van der Waals surface area contributed by atoms with Gasteiger partial charge in [-0.3, -0.25) is 4.68 Å². The van der Waals surface area contributed by atoms with E-state index in [2.05, 4.69) is 15.1 Å². The third-order valence-electron chi connectivity index (χ3n) is 4.06. The number of rotatable bonds is 7.